The van der Waals surface area contributed by atoms with Crippen molar-refractivity contribution in [1.29, 1.82) is 0 Å². The van der Waals surface area contributed by atoms with Gasteiger partial charge < -0.3 is 40.3 Å². The highest BCUT2D eigenvalue weighted by atomic mass is 19.3. The number of likely N-dealkylation sites (tertiary alicyclic amines) is 2. The monoisotopic (exact) mass is 760 g/mol. The van der Waals surface area contributed by atoms with Crippen LogP contribution in [0.15, 0.2) is 60.9 Å². The lowest BCUT2D eigenvalue weighted by atomic mass is 10.0. The standard InChI is InChI=1S/C39H46F2N8O6/c1-21(2)32(55-38(42)52)37(51)49-18-6-8-30(49)35-44-20-28(46-35)26-15-11-24(12-16-26)23-9-13-25(14-10-23)27-19-43-34(45-27)29-7-5-17-48(29)36(50)31(22(3)33(40)41)47-39(53)54-4/h9-16,19-22,29-33H,5-8,17-18H2,1-4H3,(H2,42,52)(H,43,45)(H,44,46)(H,47,53)/t22?,29?,30-,31-,32-/m0/s1. The second-order valence-electron chi connectivity index (χ2n) is 14.3. The Balaban J connectivity index is 1.11. The Morgan fingerprint density at radius 2 is 1.24 bits per heavy atom. The van der Waals surface area contributed by atoms with E-state index in [1.54, 1.807) is 17.3 Å². The van der Waals surface area contributed by atoms with Crippen molar-refractivity contribution in [3.63, 3.8) is 0 Å². The fourth-order valence-corrected chi connectivity index (χ4v) is 7.31. The van der Waals surface area contributed by atoms with Gasteiger partial charge in [0.2, 0.25) is 12.3 Å². The summed E-state index contributed by atoms with van der Waals surface area (Å²) in [5.74, 6) is -1.35. The van der Waals surface area contributed by atoms with Gasteiger partial charge in [-0.2, -0.15) is 0 Å². The molecule has 5 N–H and O–H groups in total. The maximum atomic E-state index is 13.7. The Labute approximate surface area is 317 Å². The number of methoxy groups -OCH3 is 1. The van der Waals surface area contributed by atoms with E-state index < -0.39 is 48.6 Å². The summed E-state index contributed by atoms with van der Waals surface area (Å²) < 4.78 is 37.0. The van der Waals surface area contributed by atoms with Crippen molar-refractivity contribution in [2.75, 3.05) is 20.2 Å². The first-order chi connectivity index (χ1) is 26.4. The molecule has 0 bridgehead atoms. The number of halogens is 2. The Morgan fingerprint density at radius 1 is 0.782 bits per heavy atom. The van der Waals surface area contributed by atoms with Gasteiger partial charge in [-0.05, 0) is 53.9 Å². The topological polar surface area (TPSA) is 189 Å². The molecule has 292 valence electrons. The number of carbonyl (C=O) groups excluding carboxylic acids is 4. The Bertz CT molecular complexity index is 1980. The molecule has 6 rings (SSSR count). The van der Waals surface area contributed by atoms with E-state index in [1.807, 2.05) is 62.4 Å². The highest BCUT2D eigenvalue weighted by Crippen LogP contribution is 2.35. The highest BCUT2D eigenvalue weighted by Gasteiger charge is 2.41. The highest BCUT2D eigenvalue weighted by molar-refractivity contribution is 5.87. The number of hydrogen-bond acceptors (Lipinski definition) is 8. The fraction of sp³-hybridized carbons (Fsp3) is 0.436. The molecule has 2 saturated heterocycles. The van der Waals surface area contributed by atoms with Crippen LogP contribution in [0.1, 0.15) is 70.2 Å². The molecule has 2 aromatic carbocycles. The maximum Gasteiger partial charge on any atom is 0.407 e. The van der Waals surface area contributed by atoms with Gasteiger partial charge in [0.1, 0.15) is 17.7 Å². The molecule has 4 amide bonds. The number of hydrogen-bond donors (Lipinski definition) is 4. The molecule has 2 aliphatic rings. The zero-order chi connectivity index (χ0) is 39.4. The smallest absolute Gasteiger partial charge is 0.407 e. The van der Waals surface area contributed by atoms with E-state index in [-0.39, 0.29) is 17.9 Å². The minimum absolute atomic E-state index is 0.235. The summed E-state index contributed by atoms with van der Waals surface area (Å²) in [4.78, 5) is 69.2. The Kier molecular flexibility index (Phi) is 11.8. The van der Waals surface area contributed by atoms with Crippen molar-refractivity contribution >= 4 is 24.0 Å². The molecule has 2 unspecified atom stereocenters. The van der Waals surface area contributed by atoms with Crippen LogP contribution in [0.3, 0.4) is 0 Å². The predicted octanol–water partition coefficient (Wildman–Crippen LogP) is 6.21. The number of amides is 4. The molecule has 16 heteroatoms. The van der Waals surface area contributed by atoms with Gasteiger partial charge in [-0.3, -0.25) is 9.59 Å². The molecule has 2 fully saturated rings. The second kappa shape index (κ2) is 16.7. The molecule has 2 aliphatic heterocycles. The van der Waals surface area contributed by atoms with Crippen LogP contribution in [-0.2, 0) is 19.1 Å². The number of nitrogens with two attached hydrogens (primary N) is 1. The fourth-order valence-electron chi connectivity index (χ4n) is 7.31. The number of benzene rings is 2. The average Bonchev–Trinajstić information content (AvgIpc) is 4.02. The molecular formula is C39H46F2N8O6. The van der Waals surface area contributed by atoms with E-state index in [0.29, 0.717) is 37.6 Å². The number of alkyl carbamates (subject to hydrolysis) is 1. The van der Waals surface area contributed by atoms with Gasteiger partial charge in [-0.1, -0.05) is 69.3 Å². The largest absolute Gasteiger partial charge is 0.453 e. The van der Waals surface area contributed by atoms with Crippen LogP contribution in [0.2, 0.25) is 0 Å². The normalized spacial score (nSPS) is 18.7. The number of H-pyrrole nitrogens is 2. The van der Waals surface area contributed by atoms with Crippen molar-refractivity contribution in [2.24, 2.45) is 17.6 Å². The molecule has 0 saturated carbocycles. The van der Waals surface area contributed by atoms with Gasteiger partial charge >= 0.3 is 12.2 Å². The zero-order valence-corrected chi connectivity index (χ0v) is 31.1. The number of rotatable bonds is 12. The van der Waals surface area contributed by atoms with Gasteiger partial charge in [0.15, 0.2) is 6.10 Å². The lowest BCUT2D eigenvalue weighted by molar-refractivity contribution is -0.143. The van der Waals surface area contributed by atoms with Crippen LogP contribution in [-0.4, -0.2) is 92.5 Å². The van der Waals surface area contributed by atoms with Gasteiger partial charge in [-0.25, -0.2) is 28.3 Å². The number of primary amides is 1. The number of ether oxygens (including phenoxy) is 2. The molecule has 2 aromatic heterocycles. The summed E-state index contributed by atoms with van der Waals surface area (Å²) >= 11 is 0. The van der Waals surface area contributed by atoms with Crippen LogP contribution in [0.4, 0.5) is 18.4 Å². The molecule has 4 aromatic rings. The number of aromatic amines is 2. The van der Waals surface area contributed by atoms with E-state index in [1.165, 1.54) is 11.8 Å². The van der Waals surface area contributed by atoms with Crippen molar-refractivity contribution in [3.8, 4) is 33.6 Å². The number of imidazole rings is 2. The minimum atomic E-state index is -2.82. The van der Waals surface area contributed by atoms with Crippen LogP contribution in [0.25, 0.3) is 33.6 Å². The summed E-state index contributed by atoms with van der Waals surface area (Å²) in [5.41, 5.74) is 10.6. The van der Waals surface area contributed by atoms with E-state index in [4.69, 9.17) is 10.5 Å². The lowest BCUT2D eigenvalue weighted by Crippen LogP contribution is -2.53. The van der Waals surface area contributed by atoms with Crippen molar-refractivity contribution in [1.82, 2.24) is 35.1 Å². The molecule has 4 heterocycles. The Hall–Kier alpha value is -5.80. The molecule has 0 spiro atoms. The summed E-state index contributed by atoms with van der Waals surface area (Å²) in [5, 5.41) is 2.29. The van der Waals surface area contributed by atoms with Gasteiger partial charge in [0, 0.05) is 19.0 Å². The molecule has 0 aliphatic carbocycles. The van der Waals surface area contributed by atoms with E-state index >= 15 is 0 Å². The first-order valence-corrected chi connectivity index (χ1v) is 18.4. The van der Waals surface area contributed by atoms with Crippen LogP contribution in [0, 0.1) is 11.8 Å². The summed E-state index contributed by atoms with van der Waals surface area (Å²) in [6, 6.07) is 13.8. The van der Waals surface area contributed by atoms with Crippen molar-refractivity contribution in [3.05, 3.63) is 72.6 Å². The SMILES string of the molecule is COC(=O)N[C@H](C(=O)N1CCCC1c1ncc(-c2ccc(-c3ccc(-c4cnc([C@@H]5CCCN5C(=O)[C@@H](OC(N)=O)C(C)C)[nH]4)cc3)cc2)[nH]1)C(C)C(F)F. The third kappa shape index (κ3) is 8.47. The van der Waals surface area contributed by atoms with E-state index in [2.05, 4.69) is 30.0 Å². The van der Waals surface area contributed by atoms with Gasteiger partial charge in [-0.15, -0.1) is 0 Å². The molecule has 5 atom stereocenters. The lowest BCUT2D eigenvalue weighted by Gasteiger charge is -2.30. The number of alkyl halides is 2. The third-order valence-electron chi connectivity index (χ3n) is 10.4. The average molecular weight is 761 g/mol. The second-order valence-corrected chi connectivity index (χ2v) is 14.3. The summed E-state index contributed by atoms with van der Waals surface area (Å²) in [6.07, 6.45) is 0.493. The first-order valence-electron chi connectivity index (χ1n) is 18.4. The van der Waals surface area contributed by atoms with Crippen molar-refractivity contribution in [2.45, 2.75) is 77.1 Å². The van der Waals surface area contributed by atoms with Gasteiger partial charge in [0.25, 0.3) is 5.91 Å². The molecular weight excluding hydrogens is 714 g/mol. The molecule has 14 nitrogen and oxygen atoms in total. The maximum absolute atomic E-state index is 13.7. The first kappa shape index (κ1) is 38.9. The summed E-state index contributed by atoms with van der Waals surface area (Å²) in [7, 11) is 1.11. The van der Waals surface area contributed by atoms with Crippen molar-refractivity contribution < 1.29 is 37.4 Å². The molecule has 0 radical (unpaired) electrons. The number of nitrogens with one attached hydrogen (secondary N) is 3. The van der Waals surface area contributed by atoms with E-state index in [9.17, 15) is 28.0 Å². The third-order valence-corrected chi connectivity index (χ3v) is 10.4. The summed E-state index contributed by atoms with van der Waals surface area (Å²) in [6.45, 7) is 5.71. The number of carbonyl (C=O) groups is 4. The quantitative estimate of drug-likeness (QED) is 0.131. The van der Waals surface area contributed by atoms with Crippen LogP contribution >= 0.6 is 0 Å². The number of aromatic nitrogens is 4. The number of nitrogens with zero attached hydrogens (tertiary/aromatic N) is 4. The molecule has 55 heavy (non-hydrogen) atoms. The van der Waals surface area contributed by atoms with Crippen LogP contribution in [0.5, 0.6) is 0 Å². The van der Waals surface area contributed by atoms with Crippen LogP contribution < -0.4 is 11.1 Å². The van der Waals surface area contributed by atoms with E-state index in [0.717, 1.165) is 53.6 Å². The predicted molar refractivity (Wildman–Crippen MR) is 198 cm³/mol. The Morgan fingerprint density at radius 3 is 1.65 bits per heavy atom. The van der Waals surface area contributed by atoms with Gasteiger partial charge in [0.05, 0.1) is 43.0 Å². The minimum Gasteiger partial charge on any atom is -0.453 e. The zero-order valence-electron chi connectivity index (χ0n) is 31.1.